The predicted molar refractivity (Wildman–Crippen MR) is 107 cm³/mol. The summed E-state index contributed by atoms with van der Waals surface area (Å²) < 4.78 is 2.22. The van der Waals surface area contributed by atoms with Gasteiger partial charge in [-0.15, -0.1) is 0 Å². The first-order valence-electron chi connectivity index (χ1n) is 9.87. The number of aromatic nitrogens is 1. The highest BCUT2D eigenvalue weighted by Crippen LogP contribution is 2.58. The van der Waals surface area contributed by atoms with Crippen LogP contribution < -0.4 is 4.57 Å². The average Bonchev–Trinajstić information content (AvgIpc) is 3.28. The zero-order valence-electron chi connectivity index (χ0n) is 15.7. The number of benzene rings is 2. The van der Waals surface area contributed by atoms with Crippen molar-refractivity contribution in [3.63, 3.8) is 0 Å². The molecule has 26 heavy (non-hydrogen) atoms. The summed E-state index contributed by atoms with van der Waals surface area (Å²) in [6.07, 6.45) is 6.54. The van der Waals surface area contributed by atoms with E-state index in [2.05, 4.69) is 85.4 Å². The molecule has 3 aliphatic rings. The third-order valence-electron chi connectivity index (χ3n) is 6.71. The van der Waals surface area contributed by atoms with Gasteiger partial charge in [-0.2, -0.15) is 0 Å². The Morgan fingerprint density at radius 2 is 1.62 bits per heavy atom. The maximum atomic E-state index is 2.45. The predicted octanol–water partition coefficient (Wildman–Crippen LogP) is 5.67. The Balaban J connectivity index is 1.55. The van der Waals surface area contributed by atoms with Crippen LogP contribution in [0, 0.1) is 18.8 Å². The monoisotopic (exact) mass is 340 g/mol. The minimum Gasteiger partial charge on any atom is -0.201 e. The molecule has 3 saturated carbocycles. The van der Waals surface area contributed by atoms with E-state index in [1.165, 1.54) is 47.2 Å². The summed E-state index contributed by atoms with van der Waals surface area (Å²) in [5.41, 5.74) is 8.13. The number of nitrogens with zero attached hydrogens (tertiary/aromatic N) is 1. The van der Waals surface area contributed by atoms with Crippen LogP contribution in [0.15, 0.2) is 66.9 Å². The van der Waals surface area contributed by atoms with E-state index in [0.717, 1.165) is 17.8 Å². The highest BCUT2D eigenvalue weighted by atomic mass is 14.9. The highest BCUT2D eigenvalue weighted by molar-refractivity contribution is 5.70. The van der Waals surface area contributed by atoms with E-state index >= 15 is 0 Å². The van der Waals surface area contributed by atoms with E-state index in [9.17, 15) is 0 Å². The van der Waals surface area contributed by atoms with Crippen molar-refractivity contribution in [2.45, 2.75) is 32.1 Å². The topological polar surface area (TPSA) is 3.88 Å². The Morgan fingerprint density at radius 3 is 2.38 bits per heavy atom. The Labute approximate surface area is 156 Å². The van der Waals surface area contributed by atoms with Crippen LogP contribution >= 0.6 is 0 Å². The third kappa shape index (κ3) is 2.49. The van der Waals surface area contributed by atoms with Crippen molar-refractivity contribution >= 4 is 0 Å². The SMILES string of the molecule is Cc1ccccc1-c1cc(-c2cccc(C3C4CCC3C4)c2)cc[n+]1C. The van der Waals surface area contributed by atoms with E-state index in [-0.39, 0.29) is 0 Å². The molecule has 3 fully saturated rings. The Hall–Kier alpha value is -2.41. The van der Waals surface area contributed by atoms with E-state index in [1.807, 2.05) is 0 Å². The summed E-state index contributed by atoms with van der Waals surface area (Å²) in [6, 6.07) is 22.6. The molecule has 0 aliphatic heterocycles. The lowest BCUT2D eigenvalue weighted by atomic mass is 9.68. The molecule has 1 heterocycles. The summed E-state index contributed by atoms with van der Waals surface area (Å²) in [7, 11) is 2.13. The van der Waals surface area contributed by atoms with Gasteiger partial charge in [0.15, 0.2) is 6.20 Å². The molecule has 2 atom stereocenters. The van der Waals surface area contributed by atoms with Crippen molar-refractivity contribution in [3.8, 4) is 22.4 Å². The van der Waals surface area contributed by atoms with Crippen molar-refractivity contribution in [2.75, 3.05) is 0 Å². The van der Waals surface area contributed by atoms with Crippen LogP contribution in [0.2, 0.25) is 0 Å². The van der Waals surface area contributed by atoms with Gasteiger partial charge in [-0.25, -0.2) is 4.57 Å². The normalized spacial score (nSPS) is 23.7. The minimum absolute atomic E-state index is 0.825. The third-order valence-corrected chi connectivity index (χ3v) is 6.71. The Morgan fingerprint density at radius 1 is 0.846 bits per heavy atom. The van der Waals surface area contributed by atoms with Gasteiger partial charge in [-0.3, -0.25) is 0 Å². The fraction of sp³-hybridized carbons (Fsp3) is 0.320. The number of hydrogen-bond acceptors (Lipinski definition) is 0. The van der Waals surface area contributed by atoms with Crippen LogP contribution in [-0.2, 0) is 7.05 Å². The van der Waals surface area contributed by atoms with Gasteiger partial charge in [0, 0.05) is 17.7 Å². The number of pyridine rings is 1. The van der Waals surface area contributed by atoms with Gasteiger partial charge in [0.1, 0.15) is 7.05 Å². The standard InChI is InChI=1S/C25H26N/c1-17-6-3-4-9-23(17)24-16-19(12-13-26(24)2)18-7-5-8-20(14-18)25-21-10-11-22(25)15-21/h3-9,12-14,16,21-22,25H,10-11,15H2,1-2H3/q+1. The lowest BCUT2D eigenvalue weighted by Gasteiger charge is -2.36. The first kappa shape index (κ1) is 15.8. The molecule has 2 unspecified atom stereocenters. The first-order valence-corrected chi connectivity index (χ1v) is 9.87. The molecule has 1 heteroatoms. The van der Waals surface area contributed by atoms with Crippen LogP contribution in [0.4, 0.5) is 0 Å². The summed E-state index contributed by atoms with van der Waals surface area (Å²) >= 11 is 0. The van der Waals surface area contributed by atoms with Crippen molar-refractivity contribution < 1.29 is 4.57 Å². The molecule has 0 radical (unpaired) electrons. The highest BCUT2D eigenvalue weighted by Gasteiger charge is 2.47. The second-order valence-corrected chi connectivity index (χ2v) is 8.21. The second kappa shape index (κ2) is 6.09. The number of aryl methyl sites for hydroxylation is 2. The largest absolute Gasteiger partial charge is 0.213 e. The molecule has 130 valence electrons. The molecule has 0 N–H and O–H groups in total. The molecular formula is C25H26N+. The Kier molecular flexibility index (Phi) is 3.70. The fourth-order valence-corrected chi connectivity index (χ4v) is 5.24. The average molecular weight is 340 g/mol. The molecule has 2 bridgehead atoms. The number of hydrogen-bond donors (Lipinski definition) is 0. The Bertz CT molecular complexity index is 957. The van der Waals surface area contributed by atoms with Crippen molar-refractivity contribution in [1.82, 2.24) is 0 Å². The van der Waals surface area contributed by atoms with E-state index in [1.54, 1.807) is 5.56 Å². The second-order valence-electron chi connectivity index (χ2n) is 8.21. The summed E-state index contributed by atoms with van der Waals surface area (Å²) in [5.74, 6) is 2.73. The lowest BCUT2D eigenvalue weighted by molar-refractivity contribution is -0.660. The maximum absolute atomic E-state index is 2.45. The smallest absolute Gasteiger partial charge is 0.201 e. The molecule has 1 nitrogen and oxygen atoms in total. The van der Waals surface area contributed by atoms with Crippen molar-refractivity contribution in [2.24, 2.45) is 18.9 Å². The number of rotatable bonds is 3. The molecule has 2 aromatic carbocycles. The van der Waals surface area contributed by atoms with Crippen LogP contribution in [0.3, 0.4) is 0 Å². The molecule has 3 aromatic rings. The number of fused-ring (bicyclic) bond motifs is 1. The van der Waals surface area contributed by atoms with Gasteiger partial charge in [0.2, 0.25) is 5.69 Å². The molecule has 3 aliphatic carbocycles. The van der Waals surface area contributed by atoms with Crippen molar-refractivity contribution in [1.29, 1.82) is 0 Å². The first-order chi connectivity index (χ1) is 12.7. The van der Waals surface area contributed by atoms with Gasteiger partial charge in [0.25, 0.3) is 0 Å². The van der Waals surface area contributed by atoms with E-state index < -0.39 is 0 Å². The maximum Gasteiger partial charge on any atom is 0.213 e. The van der Waals surface area contributed by atoms with Gasteiger partial charge in [0.05, 0.1) is 0 Å². The lowest BCUT2D eigenvalue weighted by Crippen LogP contribution is -2.30. The fourth-order valence-electron chi connectivity index (χ4n) is 5.24. The quantitative estimate of drug-likeness (QED) is 0.541. The van der Waals surface area contributed by atoms with Gasteiger partial charge in [-0.05, 0) is 72.3 Å². The molecule has 1 aromatic heterocycles. The zero-order valence-corrected chi connectivity index (χ0v) is 15.7. The van der Waals surface area contributed by atoms with Crippen LogP contribution in [-0.4, -0.2) is 0 Å². The van der Waals surface area contributed by atoms with E-state index in [4.69, 9.17) is 0 Å². The van der Waals surface area contributed by atoms with Crippen LogP contribution in [0.1, 0.15) is 36.3 Å². The van der Waals surface area contributed by atoms with Gasteiger partial charge in [-0.1, -0.05) is 42.5 Å². The summed E-state index contributed by atoms with van der Waals surface area (Å²) in [5, 5.41) is 0. The molecule has 6 rings (SSSR count). The molecular weight excluding hydrogens is 314 g/mol. The molecule has 0 spiro atoms. The zero-order chi connectivity index (χ0) is 17.7. The van der Waals surface area contributed by atoms with E-state index in [0.29, 0.717) is 0 Å². The minimum atomic E-state index is 0.825. The van der Waals surface area contributed by atoms with Gasteiger partial charge >= 0.3 is 0 Å². The van der Waals surface area contributed by atoms with Crippen LogP contribution in [0.25, 0.3) is 22.4 Å². The summed E-state index contributed by atoms with van der Waals surface area (Å²) in [6.45, 7) is 2.19. The summed E-state index contributed by atoms with van der Waals surface area (Å²) in [4.78, 5) is 0. The molecule has 0 amide bonds. The molecule has 0 saturated heterocycles. The van der Waals surface area contributed by atoms with Crippen LogP contribution in [0.5, 0.6) is 0 Å². The van der Waals surface area contributed by atoms with Crippen molar-refractivity contribution in [3.05, 3.63) is 78.0 Å². The van der Waals surface area contributed by atoms with Gasteiger partial charge < -0.3 is 0 Å².